The van der Waals surface area contributed by atoms with Crippen LogP contribution in [-0.4, -0.2) is 12.0 Å². The summed E-state index contributed by atoms with van der Waals surface area (Å²) in [5, 5.41) is 14.1. The summed E-state index contributed by atoms with van der Waals surface area (Å²) < 4.78 is 5.45. The number of nitro benzene ring substituents is 1. The van der Waals surface area contributed by atoms with Gasteiger partial charge in [0.15, 0.2) is 0 Å². The molecule has 3 aromatic carbocycles. The molecule has 4 nitrogen and oxygen atoms in total. The molecule has 3 aromatic rings. The van der Waals surface area contributed by atoms with Crippen molar-refractivity contribution in [3.63, 3.8) is 0 Å². The summed E-state index contributed by atoms with van der Waals surface area (Å²) in [6.07, 6.45) is 0. The van der Waals surface area contributed by atoms with Crippen molar-refractivity contribution in [1.82, 2.24) is 0 Å². The second kappa shape index (κ2) is 4.24. The van der Waals surface area contributed by atoms with E-state index in [1.807, 2.05) is 24.3 Å². The highest BCUT2D eigenvalue weighted by Crippen LogP contribution is 2.41. The number of ether oxygens (including phenoxy) is 1. The summed E-state index contributed by atoms with van der Waals surface area (Å²) in [4.78, 5) is 11.1. The lowest BCUT2D eigenvalue weighted by Gasteiger charge is -2.10. The van der Waals surface area contributed by atoms with Gasteiger partial charge in [0, 0.05) is 10.8 Å². The van der Waals surface area contributed by atoms with Gasteiger partial charge in [0.25, 0.3) is 5.69 Å². The van der Waals surface area contributed by atoms with Crippen LogP contribution >= 0.6 is 0 Å². The molecule has 0 N–H and O–H groups in total. The average Bonchev–Trinajstić information content (AvgIpc) is 2.44. The summed E-state index contributed by atoms with van der Waals surface area (Å²) in [6, 6.07) is 14.5. The van der Waals surface area contributed by atoms with Gasteiger partial charge in [-0.15, -0.1) is 0 Å². The van der Waals surface area contributed by atoms with Crippen LogP contribution in [0.2, 0.25) is 0 Å². The summed E-state index contributed by atoms with van der Waals surface area (Å²) in [7, 11) is 1.58. The molecule has 0 fully saturated rings. The molecule has 0 amide bonds. The molecule has 0 saturated heterocycles. The Labute approximate surface area is 109 Å². The van der Waals surface area contributed by atoms with Crippen molar-refractivity contribution in [3.8, 4) is 5.75 Å². The monoisotopic (exact) mass is 253 g/mol. The SMILES string of the molecule is COc1c2ccccc2c([N+](=O)[O-])c2ccccc12. The molecule has 0 aliphatic carbocycles. The van der Waals surface area contributed by atoms with E-state index in [-0.39, 0.29) is 10.6 Å². The summed E-state index contributed by atoms with van der Waals surface area (Å²) in [5.74, 6) is 0.678. The Hall–Kier alpha value is -2.62. The fraction of sp³-hybridized carbons (Fsp3) is 0.0667. The third kappa shape index (κ3) is 1.61. The van der Waals surface area contributed by atoms with E-state index < -0.39 is 0 Å². The summed E-state index contributed by atoms with van der Waals surface area (Å²) in [6.45, 7) is 0. The number of methoxy groups -OCH3 is 1. The second-order valence-electron chi connectivity index (χ2n) is 4.23. The van der Waals surface area contributed by atoms with Gasteiger partial charge < -0.3 is 4.74 Å². The molecule has 0 atom stereocenters. The lowest BCUT2D eigenvalue weighted by molar-refractivity contribution is -0.381. The van der Waals surface area contributed by atoms with Gasteiger partial charge in [0.05, 0.1) is 22.8 Å². The van der Waals surface area contributed by atoms with Crippen LogP contribution in [0.4, 0.5) is 5.69 Å². The quantitative estimate of drug-likeness (QED) is 0.395. The number of hydrogen-bond acceptors (Lipinski definition) is 3. The molecule has 19 heavy (non-hydrogen) atoms. The molecule has 0 spiro atoms. The molecule has 0 bridgehead atoms. The van der Waals surface area contributed by atoms with Crippen LogP contribution < -0.4 is 4.74 Å². The predicted octanol–water partition coefficient (Wildman–Crippen LogP) is 3.91. The van der Waals surface area contributed by atoms with Gasteiger partial charge in [-0.25, -0.2) is 0 Å². The topological polar surface area (TPSA) is 52.4 Å². The zero-order valence-corrected chi connectivity index (χ0v) is 10.3. The van der Waals surface area contributed by atoms with Crippen LogP contribution in [-0.2, 0) is 0 Å². The van der Waals surface area contributed by atoms with Gasteiger partial charge in [-0.1, -0.05) is 36.4 Å². The van der Waals surface area contributed by atoms with Gasteiger partial charge in [0.1, 0.15) is 5.75 Å². The van der Waals surface area contributed by atoms with E-state index >= 15 is 0 Å². The molecule has 0 aromatic heterocycles. The smallest absolute Gasteiger partial charge is 0.285 e. The Bertz CT molecular complexity index is 739. The Morgan fingerprint density at radius 3 is 1.68 bits per heavy atom. The van der Waals surface area contributed by atoms with Gasteiger partial charge in [-0.3, -0.25) is 10.1 Å². The lowest BCUT2D eigenvalue weighted by atomic mass is 10.00. The standard InChI is InChI=1S/C15H11NO3/c1-19-15-12-8-4-2-6-10(12)14(16(17)18)11-7-3-5-9-13(11)15/h2-9H,1H3. The van der Waals surface area contributed by atoms with E-state index in [1.165, 1.54) is 0 Å². The minimum absolute atomic E-state index is 0.131. The van der Waals surface area contributed by atoms with Crippen molar-refractivity contribution < 1.29 is 9.66 Å². The Morgan fingerprint density at radius 2 is 1.32 bits per heavy atom. The second-order valence-corrected chi connectivity index (χ2v) is 4.23. The Morgan fingerprint density at radius 1 is 0.895 bits per heavy atom. The van der Waals surface area contributed by atoms with Crippen molar-refractivity contribution >= 4 is 27.2 Å². The maximum Gasteiger partial charge on any atom is 0.285 e. The van der Waals surface area contributed by atoms with Gasteiger partial charge in [0.2, 0.25) is 0 Å². The maximum atomic E-state index is 11.4. The molecule has 0 aliphatic rings. The highest BCUT2D eigenvalue weighted by molar-refractivity contribution is 6.13. The molecule has 0 radical (unpaired) electrons. The summed E-state index contributed by atoms with van der Waals surface area (Å²) >= 11 is 0. The third-order valence-electron chi connectivity index (χ3n) is 3.24. The predicted molar refractivity (Wildman–Crippen MR) is 74.7 cm³/mol. The van der Waals surface area contributed by atoms with Gasteiger partial charge in [-0.05, 0) is 12.1 Å². The molecule has 3 rings (SSSR count). The van der Waals surface area contributed by atoms with Crippen LogP contribution in [0.25, 0.3) is 21.5 Å². The molecule has 0 aliphatic heterocycles. The Kier molecular flexibility index (Phi) is 2.56. The molecule has 0 heterocycles. The zero-order valence-electron chi connectivity index (χ0n) is 10.3. The first-order chi connectivity index (χ1) is 9.24. The van der Waals surface area contributed by atoms with Crippen LogP contribution in [0, 0.1) is 10.1 Å². The van der Waals surface area contributed by atoms with E-state index in [1.54, 1.807) is 31.4 Å². The Balaban J connectivity index is 2.65. The van der Waals surface area contributed by atoms with Crippen molar-refractivity contribution in [1.29, 1.82) is 0 Å². The number of hydrogen-bond donors (Lipinski definition) is 0. The molecule has 0 saturated carbocycles. The van der Waals surface area contributed by atoms with Crippen molar-refractivity contribution in [3.05, 3.63) is 58.6 Å². The molecular formula is C15H11NO3. The fourth-order valence-corrected chi connectivity index (χ4v) is 2.48. The molecule has 94 valence electrons. The summed E-state index contributed by atoms with van der Waals surface area (Å²) in [5.41, 5.74) is 0.131. The van der Waals surface area contributed by atoms with Crippen molar-refractivity contribution in [2.75, 3.05) is 7.11 Å². The highest BCUT2D eigenvalue weighted by Gasteiger charge is 2.21. The first kappa shape index (κ1) is 11.5. The minimum atomic E-state index is -0.329. The van der Waals surface area contributed by atoms with Crippen molar-refractivity contribution in [2.24, 2.45) is 0 Å². The van der Waals surface area contributed by atoms with Crippen LogP contribution in [0.3, 0.4) is 0 Å². The van der Waals surface area contributed by atoms with E-state index in [2.05, 4.69) is 0 Å². The first-order valence-corrected chi connectivity index (χ1v) is 5.86. The number of fused-ring (bicyclic) bond motifs is 2. The van der Waals surface area contributed by atoms with E-state index in [0.29, 0.717) is 16.5 Å². The fourth-order valence-electron chi connectivity index (χ4n) is 2.48. The van der Waals surface area contributed by atoms with E-state index in [9.17, 15) is 10.1 Å². The molecular weight excluding hydrogens is 242 g/mol. The maximum absolute atomic E-state index is 11.4. The van der Waals surface area contributed by atoms with Crippen LogP contribution in [0.5, 0.6) is 5.75 Å². The van der Waals surface area contributed by atoms with Gasteiger partial charge >= 0.3 is 0 Å². The normalized spacial score (nSPS) is 10.8. The van der Waals surface area contributed by atoms with Crippen molar-refractivity contribution in [2.45, 2.75) is 0 Å². The number of non-ortho nitro benzene ring substituents is 1. The number of benzene rings is 3. The van der Waals surface area contributed by atoms with Gasteiger partial charge in [-0.2, -0.15) is 0 Å². The molecule has 4 heteroatoms. The van der Waals surface area contributed by atoms with Crippen LogP contribution in [0.15, 0.2) is 48.5 Å². The number of rotatable bonds is 2. The van der Waals surface area contributed by atoms with E-state index in [0.717, 1.165) is 10.8 Å². The number of nitro groups is 1. The zero-order chi connectivity index (χ0) is 13.4. The minimum Gasteiger partial charge on any atom is -0.495 e. The highest BCUT2D eigenvalue weighted by atomic mass is 16.6. The average molecular weight is 253 g/mol. The van der Waals surface area contributed by atoms with E-state index in [4.69, 9.17) is 4.74 Å². The first-order valence-electron chi connectivity index (χ1n) is 5.86. The third-order valence-corrected chi connectivity index (χ3v) is 3.24. The lowest BCUT2D eigenvalue weighted by Crippen LogP contribution is -1.95. The van der Waals surface area contributed by atoms with Crippen LogP contribution in [0.1, 0.15) is 0 Å². The number of nitrogens with zero attached hydrogens (tertiary/aromatic N) is 1. The molecule has 0 unspecified atom stereocenters. The largest absolute Gasteiger partial charge is 0.495 e.